The van der Waals surface area contributed by atoms with Crippen LogP contribution in [0.4, 0.5) is 5.69 Å². The molecule has 1 aromatic carbocycles. The second kappa shape index (κ2) is 3.23. The van der Waals surface area contributed by atoms with Gasteiger partial charge >= 0.3 is 0 Å². The normalized spacial score (nSPS) is 10.4. The van der Waals surface area contributed by atoms with Gasteiger partial charge in [0, 0.05) is 5.56 Å². The summed E-state index contributed by atoms with van der Waals surface area (Å²) < 4.78 is 0. The molecule has 0 aliphatic heterocycles. The molecular weight excluding hydrogens is 202 g/mol. The lowest BCUT2D eigenvalue weighted by molar-refractivity contribution is 0.477. The van der Waals surface area contributed by atoms with Crippen LogP contribution < -0.4 is 5.73 Å². The molecule has 4 N–H and O–H groups in total. The third-order valence-electron chi connectivity index (χ3n) is 1.92. The van der Waals surface area contributed by atoms with Crippen LogP contribution in [0.5, 0.6) is 5.75 Å². The minimum absolute atomic E-state index is 0.00474. The highest BCUT2D eigenvalue weighted by Crippen LogP contribution is 2.35. The Bertz CT molecular complexity index is 467. The summed E-state index contributed by atoms with van der Waals surface area (Å²) in [6.45, 7) is 0. The van der Waals surface area contributed by atoms with E-state index < -0.39 is 0 Å². The van der Waals surface area contributed by atoms with Crippen LogP contribution in [0.25, 0.3) is 11.3 Å². The van der Waals surface area contributed by atoms with E-state index in [0.29, 0.717) is 16.9 Å². The van der Waals surface area contributed by atoms with Gasteiger partial charge in [0.2, 0.25) is 0 Å². The van der Waals surface area contributed by atoms with Crippen LogP contribution in [0, 0.1) is 0 Å². The first-order chi connectivity index (χ1) is 6.70. The van der Waals surface area contributed by atoms with Gasteiger partial charge in [-0.1, -0.05) is 17.7 Å². The number of nitrogens with one attached hydrogen (secondary N) is 1. The number of aromatic nitrogens is 2. The van der Waals surface area contributed by atoms with Crippen molar-refractivity contribution >= 4 is 17.3 Å². The Labute approximate surface area is 85.3 Å². The molecule has 2 aromatic rings. The molecule has 2 rings (SSSR count). The van der Waals surface area contributed by atoms with Crippen molar-refractivity contribution in [2.75, 3.05) is 5.73 Å². The number of anilines is 1. The van der Waals surface area contributed by atoms with Crippen molar-refractivity contribution in [3.63, 3.8) is 0 Å². The molecule has 1 aromatic heterocycles. The second-order valence-corrected chi connectivity index (χ2v) is 3.24. The number of nitrogens with two attached hydrogens (primary N) is 1. The van der Waals surface area contributed by atoms with Gasteiger partial charge in [0.25, 0.3) is 0 Å². The largest absolute Gasteiger partial charge is 0.506 e. The zero-order valence-corrected chi connectivity index (χ0v) is 7.92. The first kappa shape index (κ1) is 8.90. The summed E-state index contributed by atoms with van der Waals surface area (Å²) in [6, 6.07) is 5.05. The molecule has 0 unspecified atom stereocenters. The topological polar surface area (TPSA) is 74.9 Å². The maximum Gasteiger partial charge on any atom is 0.143 e. The lowest BCUT2D eigenvalue weighted by Gasteiger charge is -2.03. The predicted molar refractivity (Wildman–Crippen MR) is 55.1 cm³/mol. The number of halogens is 1. The van der Waals surface area contributed by atoms with Crippen molar-refractivity contribution in [1.82, 2.24) is 10.2 Å². The number of rotatable bonds is 1. The molecule has 1 heterocycles. The molecule has 0 saturated heterocycles. The number of aromatic amines is 1. The van der Waals surface area contributed by atoms with Gasteiger partial charge in [0.15, 0.2) is 0 Å². The summed E-state index contributed by atoms with van der Waals surface area (Å²) >= 11 is 5.76. The van der Waals surface area contributed by atoms with Crippen molar-refractivity contribution in [3.8, 4) is 17.0 Å². The fourth-order valence-corrected chi connectivity index (χ4v) is 1.40. The first-order valence-electron chi connectivity index (χ1n) is 3.97. The van der Waals surface area contributed by atoms with Gasteiger partial charge in [0.05, 0.1) is 22.6 Å². The highest BCUT2D eigenvalue weighted by molar-refractivity contribution is 6.32. The van der Waals surface area contributed by atoms with Gasteiger partial charge in [-0.25, -0.2) is 0 Å². The molecule has 0 aliphatic rings. The fraction of sp³-hybridized carbons (Fsp3) is 0. The number of phenolic OH excluding ortho intramolecular Hbond substituents is 1. The third kappa shape index (κ3) is 1.29. The van der Waals surface area contributed by atoms with E-state index >= 15 is 0 Å². The molecule has 0 fully saturated rings. The summed E-state index contributed by atoms with van der Waals surface area (Å²) in [5, 5.41) is 16.4. The van der Waals surface area contributed by atoms with Crippen LogP contribution in [-0.4, -0.2) is 15.3 Å². The number of benzene rings is 1. The van der Waals surface area contributed by atoms with Crippen LogP contribution in [0.1, 0.15) is 0 Å². The number of aromatic hydroxyl groups is 1. The Morgan fingerprint density at radius 3 is 2.86 bits per heavy atom. The predicted octanol–water partition coefficient (Wildman–Crippen LogP) is 2.02. The molecule has 4 nitrogen and oxygen atoms in total. The van der Waals surface area contributed by atoms with Gasteiger partial charge in [-0.3, -0.25) is 5.10 Å². The lowest BCUT2D eigenvalue weighted by atomic mass is 10.1. The van der Waals surface area contributed by atoms with E-state index in [4.69, 9.17) is 17.3 Å². The number of nitrogen functional groups attached to an aromatic ring is 1. The van der Waals surface area contributed by atoms with Crippen molar-refractivity contribution in [2.45, 2.75) is 0 Å². The van der Waals surface area contributed by atoms with E-state index in [1.807, 2.05) is 0 Å². The molecule has 0 amide bonds. The first-order valence-corrected chi connectivity index (χ1v) is 4.34. The van der Waals surface area contributed by atoms with E-state index in [0.717, 1.165) is 0 Å². The van der Waals surface area contributed by atoms with E-state index in [2.05, 4.69) is 10.2 Å². The average Bonchev–Trinajstić information content (AvgIpc) is 2.57. The van der Waals surface area contributed by atoms with E-state index in [-0.39, 0.29) is 10.8 Å². The highest BCUT2D eigenvalue weighted by atomic mass is 35.5. The summed E-state index contributed by atoms with van der Waals surface area (Å²) in [4.78, 5) is 0. The maximum atomic E-state index is 9.66. The standard InChI is InChI=1S/C9H8ClN3O/c10-6-3-1-2-5(9(6)14)8-7(11)4-12-13-8/h1-4,14H,11H2,(H,12,13). The van der Waals surface area contributed by atoms with Crippen molar-refractivity contribution in [1.29, 1.82) is 0 Å². The van der Waals surface area contributed by atoms with Gasteiger partial charge in [-0.2, -0.15) is 5.10 Å². The molecule has 0 aliphatic carbocycles. The van der Waals surface area contributed by atoms with E-state index in [1.54, 1.807) is 18.2 Å². The number of nitrogens with zero attached hydrogens (tertiary/aromatic N) is 1. The average molecular weight is 210 g/mol. The van der Waals surface area contributed by atoms with Gasteiger partial charge in [-0.15, -0.1) is 0 Å². The molecule has 0 saturated carbocycles. The summed E-state index contributed by atoms with van der Waals surface area (Å²) in [5.74, 6) is 0.00474. The zero-order valence-electron chi connectivity index (χ0n) is 7.16. The molecule has 72 valence electrons. The molecule has 0 spiro atoms. The van der Waals surface area contributed by atoms with Gasteiger partial charge < -0.3 is 10.8 Å². The Morgan fingerprint density at radius 2 is 2.21 bits per heavy atom. The van der Waals surface area contributed by atoms with Crippen LogP contribution in [0.2, 0.25) is 5.02 Å². The Balaban J connectivity index is 2.63. The molecule has 0 atom stereocenters. The van der Waals surface area contributed by atoms with Crippen molar-refractivity contribution in [2.24, 2.45) is 0 Å². The quantitative estimate of drug-likeness (QED) is 0.673. The summed E-state index contributed by atoms with van der Waals surface area (Å²) in [7, 11) is 0. The monoisotopic (exact) mass is 209 g/mol. The molecular formula is C9H8ClN3O. The Kier molecular flexibility index (Phi) is 2.05. The Morgan fingerprint density at radius 1 is 1.43 bits per heavy atom. The number of para-hydroxylation sites is 1. The van der Waals surface area contributed by atoms with Crippen molar-refractivity contribution in [3.05, 3.63) is 29.4 Å². The third-order valence-corrected chi connectivity index (χ3v) is 2.23. The van der Waals surface area contributed by atoms with Crippen molar-refractivity contribution < 1.29 is 5.11 Å². The lowest BCUT2D eigenvalue weighted by Crippen LogP contribution is -1.87. The minimum atomic E-state index is 0.00474. The van der Waals surface area contributed by atoms with Crippen LogP contribution >= 0.6 is 11.6 Å². The van der Waals surface area contributed by atoms with Crippen LogP contribution in [0.15, 0.2) is 24.4 Å². The van der Waals surface area contributed by atoms with E-state index in [1.165, 1.54) is 6.20 Å². The number of H-pyrrole nitrogens is 1. The smallest absolute Gasteiger partial charge is 0.143 e. The van der Waals surface area contributed by atoms with Crippen LogP contribution in [-0.2, 0) is 0 Å². The highest BCUT2D eigenvalue weighted by Gasteiger charge is 2.11. The number of hydrogen-bond acceptors (Lipinski definition) is 3. The number of phenols is 1. The molecule has 0 radical (unpaired) electrons. The van der Waals surface area contributed by atoms with Crippen LogP contribution in [0.3, 0.4) is 0 Å². The fourth-order valence-electron chi connectivity index (χ4n) is 1.23. The molecule has 5 heteroatoms. The van der Waals surface area contributed by atoms with E-state index in [9.17, 15) is 5.11 Å². The summed E-state index contributed by atoms with van der Waals surface area (Å²) in [5.41, 5.74) is 7.24. The maximum absolute atomic E-state index is 9.66. The second-order valence-electron chi connectivity index (χ2n) is 2.84. The van der Waals surface area contributed by atoms with Gasteiger partial charge in [0.1, 0.15) is 5.75 Å². The van der Waals surface area contributed by atoms with Gasteiger partial charge in [-0.05, 0) is 12.1 Å². The minimum Gasteiger partial charge on any atom is -0.506 e. The zero-order chi connectivity index (χ0) is 10.1. The number of hydrogen-bond donors (Lipinski definition) is 3. The Hall–Kier alpha value is -1.68. The molecule has 0 bridgehead atoms. The molecule has 14 heavy (non-hydrogen) atoms. The SMILES string of the molecule is Nc1cn[nH]c1-c1cccc(Cl)c1O. The summed E-state index contributed by atoms with van der Waals surface area (Å²) in [6.07, 6.45) is 1.48.